The maximum absolute atomic E-state index is 14.1. The van der Waals surface area contributed by atoms with Crippen molar-refractivity contribution < 1.29 is 24.2 Å². The van der Waals surface area contributed by atoms with Gasteiger partial charge in [0.15, 0.2) is 0 Å². The van der Waals surface area contributed by atoms with Gasteiger partial charge in [-0.3, -0.25) is 14.3 Å². The Morgan fingerprint density at radius 1 is 1.12 bits per heavy atom. The summed E-state index contributed by atoms with van der Waals surface area (Å²) in [4.78, 5) is 56.6. The Kier molecular flexibility index (Phi) is 9.79. The molecule has 4 aromatic rings. The van der Waals surface area contributed by atoms with Crippen LogP contribution in [0.2, 0.25) is 0 Å². The normalized spacial score (nSPS) is 21.0. The number of piperidine rings is 1. The third kappa shape index (κ3) is 7.13. The number of nitrogens with zero attached hydrogens (tertiary/aromatic N) is 7. The lowest BCUT2D eigenvalue weighted by Crippen LogP contribution is -2.47. The number of carbonyl (C=O) groups is 3. The van der Waals surface area contributed by atoms with Gasteiger partial charge in [0, 0.05) is 41.5 Å². The van der Waals surface area contributed by atoms with Gasteiger partial charge in [-0.2, -0.15) is 5.10 Å². The summed E-state index contributed by atoms with van der Waals surface area (Å²) in [7, 11) is 3.89. The monoisotopic (exact) mass is 747 g/mol. The van der Waals surface area contributed by atoms with Crippen LogP contribution in [0.1, 0.15) is 57.9 Å². The number of aromatic nitrogens is 5. The molecular formula is C35H42BrN9O5. The zero-order chi connectivity index (χ0) is 36.1. The number of benzene rings is 1. The molecule has 6 rings (SSSR count). The number of rotatable bonds is 11. The number of halogens is 1. The van der Waals surface area contributed by atoms with Crippen molar-refractivity contribution in [2.75, 3.05) is 19.4 Å². The largest absolute Gasteiger partial charge is 0.390 e. The van der Waals surface area contributed by atoms with Crippen molar-refractivity contribution >= 4 is 50.4 Å². The number of esters is 1. The molecule has 1 aromatic carbocycles. The maximum atomic E-state index is 14.1. The maximum Gasteiger partial charge on any atom is 0.330 e. The molecule has 4 heterocycles. The molecule has 14 nitrogen and oxygen atoms in total. The zero-order valence-electron chi connectivity index (χ0n) is 28.9. The molecule has 2 amide bonds. The lowest BCUT2D eigenvalue weighted by atomic mass is 10.0. The Labute approximate surface area is 298 Å². The van der Waals surface area contributed by atoms with Crippen molar-refractivity contribution in [2.45, 2.75) is 77.9 Å². The first-order valence-corrected chi connectivity index (χ1v) is 17.3. The Balaban J connectivity index is 1.22. The summed E-state index contributed by atoms with van der Waals surface area (Å²) in [5.74, 6) is -0.751. The Morgan fingerprint density at radius 3 is 2.50 bits per heavy atom. The lowest BCUT2D eigenvalue weighted by molar-refractivity contribution is -0.138. The molecule has 1 saturated heterocycles. The van der Waals surface area contributed by atoms with Gasteiger partial charge in [0.25, 0.3) is 0 Å². The summed E-state index contributed by atoms with van der Waals surface area (Å²) >= 11 is 3.41. The van der Waals surface area contributed by atoms with Gasteiger partial charge in [0.1, 0.15) is 29.0 Å². The highest BCUT2D eigenvalue weighted by Crippen LogP contribution is 2.59. The number of amides is 2. The fourth-order valence-corrected chi connectivity index (χ4v) is 6.88. The van der Waals surface area contributed by atoms with Crippen LogP contribution in [0.5, 0.6) is 6.01 Å². The molecule has 1 saturated carbocycles. The minimum absolute atomic E-state index is 0.0458. The fourth-order valence-electron chi connectivity index (χ4n) is 6.57. The van der Waals surface area contributed by atoms with E-state index in [4.69, 9.17) is 10.5 Å². The number of anilines is 1. The van der Waals surface area contributed by atoms with Gasteiger partial charge in [0.05, 0.1) is 17.3 Å². The van der Waals surface area contributed by atoms with Gasteiger partial charge in [-0.05, 0) is 84.9 Å². The van der Waals surface area contributed by atoms with E-state index in [2.05, 4.69) is 48.2 Å². The van der Waals surface area contributed by atoms with E-state index < -0.39 is 24.2 Å². The van der Waals surface area contributed by atoms with Gasteiger partial charge in [0.2, 0.25) is 11.8 Å². The van der Waals surface area contributed by atoms with E-state index in [0.717, 1.165) is 17.5 Å². The molecular weight excluding hydrogens is 706 g/mol. The van der Waals surface area contributed by atoms with Crippen molar-refractivity contribution in [3.63, 3.8) is 0 Å². The summed E-state index contributed by atoms with van der Waals surface area (Å²) in [5, 5.41) is 19.0. The number of aliphatic hydroxyl groups is 1. The average molecular weight is 749 g/mol. The van der Waals surface area contributed by atoms with E-state index in [1.807, 2.05) is 63.2 Å². The predicted molar refractivity (Wildman–Crippen MR) is 190 cm³/mol. The molecule has 2 aliphatic rings. The van der Waals surface area contributed by atoms with Crippen LogP contribution in [0.4, 0.5) is 5.82 Å². The Bertz CT molecular complexity index is 1950. The standard InChI is InChI=1S/C35H42BrN9O5/c1-18(2)29(37)33(49)50-34-38-14-22(15-39-34)20-7-9-24-23(11-20)30(19(3)46)42-44(24)17-28(47)45-25(12-35(4)13-26(35)45)32(48)41-31-21(16-43(5)6)8-10-27(36)40-31/h7-11,14-15,18-19,25-26,29,46H,12-13,16-17,37H2,1-6H3,(H,40,41,48)/t19?,25-,26?,29-,35-/m0/s1. The summed E-state index contributed by atoms with van der Waals surface area (Å²) in [6.07, 6.45) is 3.53. The Morgan fingerprint density at radius 2 is 1.84 bits per heavy atom. The SMILES string of the molecule is CC(O)c1nn(CC(=O)N2C3C[C@]3(C)C[C@H]2C(=O)Nc2nc(Br)ccc2CN(C)C)c2ccc(-c3cnc(OC(=O)[C@@H](N)C(C)C)nc3)cc12. The van der Waals surface area contributed by atoms with Gasteiger partial charge in [-0.15, -0.1) is 0 Å². The molecule has 50 heavy (non-hydrogen) atoms. The molecule has 5 atom stereocenters. The van der Waals surface area contributed by atoms with Crippen molar-refractivity contribution in [3.05, 3.63) is 58.6 Å². The van der Waals surface area contributed by atoms with E-state index in [9.17, 15) is 19.5 Å². The second-order valence-electron chi connectivity index (χ2n) is 14.2. The summed E-state index contributed by atoms with van der Waals surface area (Å²) in [6, 6.07) is 7.68. The number of ether oxygens (including phenoxy) is 1. The van der Waals surface area contributed by atoms with Crippen molar-refractivity contribution in [2.24, 2.45) is 17.1 Å². The number of hydrogen-bond acceptors (Lipinski definition) is 11. The van der Waals surface area contributed by atoms with Gasteiger partial charge < -0.3 is 30.7 Å². The number of nitrogens with two attached hydrogens (primary N) is 1. The summed E-state index contributed by atoms with van der Waals surface area (Å²) < 4.78 is 7.41. The number of hydrogen-bond donors (Lipinski definition) is 3. The van der Waals surface area contributed by atoms with E-state index in [-0.39, 0.29) is 41.7 Å². The number of aliphatic hydroxyl groups excluding tert-OH is 1. The highest BCUT2D eigenvalue weighted by atomic mass is 79.9. The topological polar surface area (TPSA) is 182 Å². The third-order valence-corrected chi connectivity index (χ3v) is 9.94. The van der Waals surface area contributed by atoms with E-state index in [1.54, 1.807) is 16.5 Å². The summed E-state index contributed by atoms with van der Waals surface area (Å²) in [6.45, 7) is 7.85. The Hall–Kier alpha value is -4.31. The molecule has 2 fully saturated rings. The smallest absolute Gasteiger partial charge is 0.330 e. The predicted octanol–water partition coefficient (Wildman–Crippen LogP) is 3.67. The second kappa shape index (κ2) is 13.8. The lowest BCUT2D eigenvalue weighted by Gasteiger charge is -2.27. The molecule has 2 unspecified atom stereocenters. The molecule has 0 bridgehead atoms. The average Bonchev–Trinajstić information content (AvgIpc) is 3.42. The first-order chi connectivity index (χ1) is 23.6. The molecule has 15 heteroatoms. The van der Waals surface area contributed by atoms with E-state index in [0.29, 0.717) is 45.5 Å². The number of fused-ring (bicyclic) bond motifs is 2. The van der Waals surface area contributed by atoms with Crippen LogP contribution < -0.4 is 15.8 Å². The van der Waals surface area contributed by atoms with E-state index >= 15 is 0 Å². The van der Waals surface area contributed by atoms with Crippen molar-refractivity contribution in [1.29, 1.82) is 0 Å². The van der Waals surface area contributed by atoms with Crippen molar-refractivity contribution in [1.82, 2.24) is 34.5 Å². The molecule has 1 aliphatic heterocycles. The minimum atomic E-state index is -0.918. The second-order valence-corrected chi connectivity index (χ2v) is 15.0. The molecule has 0 spiro atoms. The molecule has 4 N–H and O–H groups in total. The van der Waals surface area contributed by atoms with Crippen LogP contribution in [0.15, 0.2) is 47.3 Å². The molecule has 1 aliphatic carbocycles. The third-order valence-electron chi connectivity index (χ3n) is 9.50. The minimum Gasteiger partial charge on any atom is -0.390 e. The van der Waals surface area contributed by atoms with Crippen LogP contribution in [0, 0.1) is 11.3 Å². The molecule has 264 valence electrons. The summed E-state index contributed by atoms with van der Waals surface area (Å²) in [5.41, 5.74) is 9.05. The zero-order valence-corrected chi connectivity index (χ0v) is 30.5. The molecule has 0 radical (unpaired) electrons. The van der Waals surface area contributed by atoms with Crippen LogP contribution in [0.3, 0.4) is 0 Å². The first kappa shape index (κ1) is 35.5. The van der Waals surface area contributed by atoms with Gasteiger partial charge in [-0.25, -0.2) is 19.7 Å². The number of carbonyl (C=O) groups excluding carboxylic acids is 3. The highest BCUT2D eigenvalue weighted by molar-refractivity contribution is 9.10. The van der Waals surface area contributed by atoms with Gasteiger partial charge >= 0.3 is 12.0 Å². The molecule has 3 aromatic heterocycles. The van der Waals surface area contributed by atoms with E-state index in [1.165, 1.54) is 12.4 Å². The van der Waals surface area contributed by atoms with Crippen LogP contribution in [-0.2, 0) is 27.5 Å². The van der Waals surface area contributed by atoms with Crippen LogP contribution >= 0.6 is 15.9 Å². The number of nitrogens with one attached hydrogen (secondary N) is 1. The van der Waals surface area contributed by atoms with Crippen molar-refractivity contribution in [3.8, 4) is 17.1 Å². The first-order valence-electron chi connectivity index (χ1n) is 16.6. The van der Waals surface area contributed by atoms with Crippen LogP contribution in [0.25, 0.3) is 22.0 Å². The quantitative estimate of drug-likeness (QED) is 0.150. The highest BCUT2D eigenvalue weighted by Gasteiger charge is 2.64. The number of pyridine rings is 1. The van der Waals surface area contributed by atoms with Gasteiger partial charge in [-0.1, -0.05) is 32.9 Å². The number of likely N-dealkylation sites (tertiary alicyclic amines) is 1. The van der Waals surface area contributed by atoms with Crippen LogP contribution in [-0.4, -0.2) is 89.6 Å². The fraction of sp³-hybridized carbons (Fsp3) is 0.457.